The molecule has 0 N–H and O–H groups in total. The second kappa shape index (κ2) is 6.64. The Labute approximate surface area is 153 Å². The third kappa shape index (κ3) is 2.84. The lowest BCUT2D eigenvalue weighted by Gasteiger charge is -2.08. The van der Waals surface area contributed by atoms with E-state index in [-0.39, 0.29) is 5.69 Å². The van der Waals surface area contributed by atoms with Gasteiger partial charge in [0.2, 0.25) is 0 Å². The maximum Gasteiger partial charge on any atom is 0.350 e. The van der Waals surface area contributed by atoms with Crippen LogP contribution in [0.1, 0.15) is 5.69 Å². The molecule has 1 aromatic carbocycles. The van der Waals surface area contributed by atoms with Crippen LogP contribution in [-0.4, -0.2) is 33.4 Å². The molecule has 0 radical (unpaired) electrons. The number of methoxy groups -OCH3 is 2. The number of thiazole rings is 1. The van der Waals surface area contributed by atoms with Crippen LogP contribution in [-0.2, 0) is 6.54 Å². The molecule has 26 heavy (non-hydrogen) atoms. The summed E-state index contributed by atoms with van der Waals surface area (Å²) in [5, 5.41) is 7.11. The molecule has 7 nitrogen and oxygen atoms in total. The first-order valence-corrected chi connectivity index (χ1v) is 8.78. The van der Waals surface area contributed by atoms with Crippen LogP contribution in [0.5, 0.6) is 11.5 Å². The average molecular weight is 368 g/mol. The lowest BCUT2D eigenvalue weighted by Crippen LogP contribution is -2.21. The number of fused-ring (bicyclic) bond motifs is 1. The van der Waals surface area contributed by atoms with Crippen molar-refractivity contribution in [2.45, 2.75) is 6.54 Å². The van der Waals surface area contributed by atoms with E-state index in [1.165, 1.54) is 20.4 Å². The van der Waals surface area contributed by atoms with Gasteiger partial charge in [-0.25, -0.2) is 14.5 Å². The van der Waals surface area contributed by atoms with E-state index in [2.05, 4.69) is 10.1 Å². The smallest absolute Gasteiger partial charge is 0.350 e. The van der Waals surface area contributed by atoms with Gasteiger partial charge in [0.15, 0.2) is 17.1 Å². The Morgan fingerprint density at radius 1 is 1.12 bits per heavy atom. The normalized spacial score (nSPS) is 11.0. The summed E-state index contributed by atoms with van der Waals surface area (Å²) in [6.07, 6.45) is 1.71. The van der Waals surface area contributed by atoms with Crippen molar-refractivity contribution in [1.82, 2.24) is 19.2 Å². The van der Waals surface area contributed by atoms with Crippen molar-refractivity contribution in [3.8, 4) is 22.1 Å². The fourth-order valence-electron chi connectivity index (χ4n) is 2.71. The summed E-state index contributed by atoms with van der Waals surface area (Å²) in [6, 6.07) is 11.1. The minimum atomic E-state index is -0.179. The van der Waals surface area contributed by atoms with Gasteiger partial charge in [0, 0.05) is 17.1 Å². The topological polar surface area (TPSA) is 70.6 Å². The molecule has 3 heterocycles. The summed E-state index contributed by atoms with van der Waals surface area (Å²) in [5.41, 5.74) is 2.15. The van der Waals surface area contributed by atoms with Gasteiger partial charge >= 0.3 is 5.69 Å². The molecule has 0 atom stereocenters. The Balaban J connectivity index is 1.64. The van der Waals surface area contributed by atoms with Gasteiger partial charge in [-0.3, -0.25) is 4.40 Å². The Bertz CT molecular complexity index is 1130. The van der Waals surface area contributed by atoms with Crippen LogP contribution in [0.2, 0.25) is 0 Å². The molecule has 0 unspecified atom stereocenters. The summed E-state index contributed by atoms with van der Waals surface area (Å²) in [7, 11) is 3.20. The standard InChI is InChI=1S/C18H16N4O3S/c1-24-14-7-6-12(9-15(14)25-2)17-19-13(11-26-17)10-22-18(23)21-8-4-3-5-16(21)20-22/h3-9,11H,10H2,1-2H3. The monoisotopic (exact) mass is 368 g/mol. The van der Waals surface area contributed by atoms with Crippen LogP contribution in [0.15, 0.2) is 52.8 Å². The van der Waals surface area contributed by atoms with E-state index in [1.54, 1.807) is 32.5 Å². The first-order valence-electron chi connectivity index (χ1n) is 7.90. The van der Waals surface area contributed by atoms with Crippen LogP contribution >= 0.6 is 11.3 Å². The fraction of sp³-hybridized carbons (Fsp3) is 0.167. The van der Waals surface area contributed by atoms with Crippen molar-refractivity contribution >= 4 is 17.0 Å². The molecule has 0 aliphatic rings. The molecule has 8 heteroatoms. The maximum atomic E-state index is 12.4. The third-order valence-electron chi connectivity index (χ3n) is 3.98. The minimum absolute atomic E-state index is 0.179. The summed E-state index contributed by atoms with van der Waals surface area (Å²) in [4.78, 5) is 17.0. The SMILES string of the molecule is COc1ccc(-c2nc(Cn3nc4ccccn4c3=O)cs2)cc1OC. The Morgan fingerprint density at radius 2 is 1.96 bits per heavy atom. The number of aromatic nitrogens is 4. The highest BCUT2D eigenvalue weighted by Crippen LogP contribution is 2.33. The van der Waals surface area contributed by atoms with Gasteiger partial charge in [0.1, 0.15) is 5.01 Å². The number of hydrogen-bond donors (Lipinski definition) is 0. The second-order valence-electron chi connectivity index (χ2n) is 5.58. The number of pyridine rings is 1. The number of nitrogens with zero attached hydrogens (tertiary/aromatic N) is 4. The molecule has 0 amide bonds. The zero-order valence-corrected chi connectivity index (χ0v) is 15.1. The lowest BCUT2D eigenvalue weighted by atomic mass is 10.2. The van der Waals surface area contributed by atoms with Gasteiger partial charge in [0.25, 0.3) is 0 Å². The second-order valence-corrected chi connectivity index (χ2v) is 6.44. The number of benzene rings is 1. The summed E-state index contributed by atoms with van der Waals surface area (Å²) < 4.78 is 13.5. The number of hydrogen-bond acceptors (Lipinski definition) is 6. The van der Waals surface area contributed by atoms with Gasteiger partial charge in [-0.05, 0) is 30.3 Å². The van der Waals surface area contributed by atoms with E-state index in [4.69, 9.17) is 9.47 Å². The minimum Gasteiger partial charge on any atom is -0.493 e. The highest BCUT2D eigenvalue weighted by atomic mass is 32.1. The molecule has 132 valence electrons. The zero-order chi connectivity index (χ0) is 18.1. The van der Waals surface area contributed by atoms with Gasteiger partial charge in [-0.1, -0.05) is 6.07 Å². The zero-order valence-electron chi connectivity index (χ0n) is 14.2. The highest BCUT2D eigenvalue weighted by Gasteiger charge is 2.12. The van der Waals surface area contributed by atoms with Crippen molar-refractivity contribution in [3.63, 3.8) is 0 Å². The van der Waals surface area contributed by atoms with Crippen molar-refractivity contribution in [3.05, 3.63) is 64.2 Å². The van der Waals surface area contributed by atoms with Gasteiger partial charge < -0.3 is 9.47 Å². The van der Waals surface area contributed by atoms with Crippen molar-refractivity contribution < 1.29 is 9.47 Å². The van der Waals surface area contributed by atoms with E-state index in [9.17, 15) is 4.79 Å². The molecule has 3 aromatic heterocycles. The van der Waals surface area contributed by atoms with Crippen LogP contribution < -0.4 is 15.2 Å². The predicted octanol–water partition coefficient (Wildman–Crippen LogP) is 2.69. The van der Waals surface area contributed by atoms with Crippen molar-refractivity contribution in [2.24, 2.45) is 0 Å². The number of ether oxygens (including phenoxy) is 2. The largest absolute Gasteiger partial charge is 0.493 e. The molecule has 4 rings (SSSR count). The fourth-order valence-corrected chi connectivity index (χ4v) is 3.51. The molecular formula is C18H16N4O3S. The van der Waals surface area contributed by atoms with E-state index >= 15 is 0 Å². The quantitative estimate of drug-likeness (QED) is 0.542. The molecule has 0 fully saturated rings. The van der Waals surface area contributed by atoms with E-state index < -0.39 is 0 Å². The van der Waals surface area contributed by atoms with Crippen LogP contribution in [0.3, 0.4) is 0 Å². The number of rotatable bonds is 5. The molecule has 0 aliphatic heterocycles. The molecule has 0 saturated carbocycles. The first-order chi connectivity index (χ1) is 12.7. The lowest BCUT2D eigenvalue weighted by molar-refractivity contribution is 0.355. The van der Waals surface area contributed by atoms with Gasteiger partial charge in [-0.15, -0.1) is 16.4 Å². The predicted molar refractivity (Wildman–Crippen MR) is 99.2 cm³/mol. The van der Waals surface area contributed by atoms with Gasteiger partial charge in [-0.2, -0.15) is 0 Å². The molecular weight excluding hydrogens is 352 g/mol. The molecule has 0 spiro atoms. The molecule has 0 aliphatic carbocycles. The van der Waals surface area contributed by atoms with E-state index in [0.717, 1.165) is 16.3 Å². The van der Waals surface area contributed by atoms with Crippen molar-refractivity contribution in [2.75, 3.05) is 14.2 Å². The first kappa shape index (κ1) is 16.3. The summed E-state index contributed by atoms with van der Waals surface area (Å²) in [6.45, 7) is 0.324. The van der Waals surface area contributed by atoms with Gasteiger partial charge in [0.05, 0.1) is 26.5 Å². The Hall–Kier alpha value is -3.13. The summed E-state index contributed by atoms with van der Waals surface area (Å²) in [5.74, 6) is 1.32. The van der Waals surface area contributed by atoms with E-state index in [0.29, 0.717) is 23.7 Å². The Morgan fingerprint density at radius 3 is 2.73 bits per heavy atom. The van der Waals surface area contributed by atoms with Crippen LogP contribution in [0, 0.1) is 0 Å². The van der Waals surface area contributed by atoms with E-state index in [1.807, 2.05) is 29.6 Å². The Kier molecular flexibility index (Phi) is 4.18. The molecule has 0 bridgehead atoms. The van der Waals surface area contributed by atoms with Crippen LogP contribution in [0.25, 0.3) is 16.2 Å². The average Bonchev–Trinajstić information content (AvgIpc) is 3.27. The molecule has 0 saturated heterocycles. The third-order valence-corrected chi connectivity index (χ3v) is 4.92. The molecule has 4 aromatic rings. The maximum absolute atomic E-state index is 12.4. The van der Waals surface area contributed by atoms with Crippen LogP contribution in [0.4, 0.5) is 0 Å². The van der Waals surface area contributed by atoms with Crippen molar-refractivity contribution in [1.29, 1.82) is 0 Å². The summed E-state index contributed by atoms with van der Waals surface area (Å²) >= 11 is 1.51. The highest BCUT2D eigenvalue weighted by molar-refractivity contribution is 7.13.